The Morgan fingerprint density at radius 1 is 1.35 bits per heavy atom. The molecule has 1 heterocycles. The van der Waals surface area contributed by atoms with Crippen molar-refractivity contribution in [3.63, 3.8) is 0 Å². The van der Waals surface area contributed by atoms with Gasteiger partial charge in [0, 0.05) is 24.1 Å². The zero-order valence-corrected chi connectivity index (χ0v) is 12.4. The SMILES string of the molecule is COc1cccc(NC(=O)C(CO)NC(=O)c2cnccn2)c1. The third-order valence-electron chi connectivity index (χ3n) is 2.94. The summed E-state index contributed by atoms with van der Waals surface area (Å²) < 4.78 is 5.06. The van der Waals surface area contributed by atoms with Crippen LogP contribution in [0.4, 0.5) is 5.69 Å². The third kappa shape index (κ3) is 4.48. The highest BCUT2D eigenvalue weighted by atomic mass is 16.5. The van der Waals surface area contributed by atoms with Crippen LogP contribution in [0.2, 0.25) is 0 Å². The minimum Gasteiger partial charge on any atom is -0.497 e. The lowest BCUT2D eigenvalue weighted by atomic mass is 10.2. The number of ether oxygens (including phenoxy) is 1. The Bertz CT molecular complexity index is 678. The lowest BCUT2D eigenvalue weighted by molar-refractivity contribution is -0.118. The third-order valence-corrected chi connectivity index (χ3v) is 2.94. The van der Waals surface area contributed by atoms with Gasteiger partial charge in [-0.3, -0.25) is 14.6 Å². The summed E-state index contributed by atoms with van der Waals surface area (Å²) in [5.41, 5.74) is 0.543. The average molecular weight is 316 g/mol. The molecular formula is C15H16N4O4. The Morgan fingerprint density at radius 3 is 2.83 bits per heavy atom. The quantitative estimate of drug-likeness (QED) is 0.702. The molecule has 2 rings (SSSR count). The minimum absolute atomic E-state index is 0.0557. The number of aliphatic hydroxyl groups is 1. The fourth-order valence-electron chi connectivity index (χ4n) is 1.77. The van der Waals surface area contributed by atoms with Crippen LogP contribution in [-0.2, 0) is 4.79 Å². The molecule has 120 valence electrons. The Kier molecular flexibility index (Phi) is 5.59. The van der Waals surface area contributed by atoms with Crippen LogP contribution in [0.3, 0.4) is 0 Å². The second-order valence-corrected chi connectivity index (χ2v) is 4.52. The number of nitrogens with zero attached hydrogens (tertiary/aromatic N) is 2. The normalized spacial score (nSPS) is 11.4. The van der Waals surface area contributed by atoms with Gasteiger partial charge in [-0.1, -0.05) is 6.07 Å². The van der Waals surface area contributed by atoms with Crippen molar-refractivity contribution in [2.75, 3.05) is 19.0 Å². The van der Waals surface area contributed by atoms with Gasteiger partial charge in [-0.05, 0) is 12.1 Å². The summed E-state index contributed by atoms with van der Waals surface area (Å²) in [6, 6.07) is 5.61. The first-order chi connectivity index (χ1) is 11.1. The van der Waals surface area contributed by atoms with Crippen LogP contribution < -0.4 is 15.4 Å². The fraction of sp³-hybridized carbons (Fsp3) is 0.200. The molecule has 8 nitrogen and oxygen atoms in total. The molecule has 23 heavy (non-hydrogen) atoms. The maximum Gasteiger partial charge on any atom is 0.272 e. The molecule has 2 amide bonds. The van der Waals surface area contributed by atoms with Crippen LogP contribution in [0.25, 0.3) is 0 Å². The van der Waals surface area contributed by atoms with Crippen molar-refractivity contribution < 1.29 is 19.4 Å². The molecule has 0 fully saturated rings. The molecule has 0 saturated carbocycles. The highest BCUT2D eigenvalue weighted by Crippen LogP contribution is 2.16. The first-order valence-corrected chi connectivity index (χ1v) is 6.76. The average Bonchev–Trinajstić information content (AvgIpc) is 2.60. The van der Waals surface area contributed by atoms with Gasteiger partial charge in [0.25, 0.3) is 5.91 Å². The molecule has 1 unspecified atom stereocenters. The number of aromatic nitrogens is 2. The molecule has 0 aliphatic carbocycles. The van der Waals surface area contributed by atoms with Crippen LogP contribution in [0.15, 0.2) is 42.9 Å². The number of anilines is 1. The maximum absolute atomic E-state index is 12.1. The van der Waals surface area contributed by atoms with Crippen LogP contribution in [-0.4, -0.2) is 46.6 Å². The van der Waals surface area contributed by atoms with Gasteiger partial charge >= 0.3 is 0 Å². The highest BCUT2D eigenvalue weighted by Gasteiger charge is 2.21. The van der Waals surface area contributed by atoms with Crippen molar-refractivity contribution in [1.82, 2.24) is 15.3 Å². The summed E-state index contributed by atoms with van der Waals surface area (Å²) in [5, 5.41) is 14.3. The van der Waals surface area contributed by atoms with E-state index in [1.165, 1.54) is 25.7 Å². The second-order valence-electron chi connectivity index (χ2n) is 4.52. The van der Waals surface area contributed by atoms with E-state index in [0.717, 1.165) is 0 Å². The number of rotatable bonds is 6. The number of aliphatic hydroxyl groups excluding tert-OH is 1. The Hall–Kier alpha value is -3.00. The highest BCUT2D eigenvalue weighted by molar-refractivity contribution is 6.00. The van der Waals surface area contributed by atoms with Crippen LogP contribution in [0, 0.1) is 0 Å². The van der Waals surface area contributed by atoms with Crippen molar-refractivity contribution >= 4 is 17.5 Å². The molecule has 2 aromatic rings. The molecule has 0 saturated heterocycles. The van der Waals surface area contributed by atoms with Gasteiger partial charge in [0.2, 0.25) is 5.91 Å². The Balaban J connectivity index is 2.02. The molecule has 0 bridgehead atoms. The first kappa shape index (κ1) is 16.4. The van der Waals surface area contributed by atoms with Crippen molar-refractivity contribution in [3.8, 4) is 5.75 Å². The Morgan fingerprint density at radius 2 is 2.17 bits per heavy atom. The standard InChI is InChI=1S/C15H16N4O4/c1-23-11-4-2-3-10(7-11)18-15(22)13(9-20)19-14(21)12-8-16-5-6-17-12/h2-8,13,20H,9H2,1H3,(H,18,22)(H,19,21). The van der Waals surface area contributed by atoms with Gasteiger partial charge in [-0.15, -0.1) is 0 Å². The summed E-state index contributed by atoms with van der Waals surface area (Å²) in [4.78, 5) is 31.7. The summed E-state index contributed by atoms with van der Waals surface area (Å²) in [5.74, 6) is -0.581. The number of carbonyl (C=O) groups excluding carboxylic acids is 2. The zero-order valence-electron chi connectivity index (χ0n) is 12.4. The first-order valence-electron chi connectivity index (χ1n) is 6.76. The number of benzene rings is 1. The number of carbonyl (C=O) groups is 2. The monoisotopic (exact) mass is 316 g/mol. The van der Waals surface area contributed by atoms with Crippen molar-refractivity contribution in [2.24, 2.45) is 0 Å². The van der Waals surface area contributed by atoms with E-state index in [4.69, 9.17) is 4.74 Å². The summed E-state index contributed by atoms with van der Waals surface area (Å²) in [6.45, 7) is -0.554. The number of hydrogen-bond acceptors (Lipinski definition) is 6. The van der Waals surface area contributed by atoms with E-state index in [0.29, 0.717) is 11.4 Å². The smallest absolute Gasteiger partial charge is 0.272 e. The maximum atomic E-state index is 12.1. The zero-order chi connectivity index (χ0) is 16.7. The van der Waals surface area contributed by atoms with E-state index >= 15 is 0 Å². The number of nitrogens with one attached hydrogen (secondary N) is 2. The van der Waals surface area contributed by atoms with E-state index in [9.17, 15) is 14.7 Å². The van der Waals surface area contributed by atoms with Gasteiger partial charge in [-0.2, -0.15) is 0 Å². The van der Waals surface area contributed by atoms with Crippen molar-refractivity contribution in [2.45, 2.75) is 6.04 Å². The van der Waals surface area contributed by atoms with Gasteiger partial charge in [0.05, 0.1) is 19.9 Å². The lowest BCUT2D eigenvalue weighted by Gasteiger charge is -2.16. The molecule has 1 aromatic carbocycles. The number of hydrogen-bond donors (Lipinski definition) is 3. The van der Waals surface area contributed by atoms with E-state index in [2.05, 4.69) is 20.6 Å². The largest absolute Gasteiger partial charge is 0.497 e. The second kappa shape index (κ2) is 7.85. The number of methoxy groups -OCH3 is 1. The van der Waals surface area contributed by atoms with Crippen LogP contribution in [0.5, 0.6) is 5.75 Å². The molecule has 0 spiro atoms. The van der Waals surface area contributed by atoms with E-state index in [1.54, 1.807) is 24.3 Å². The minimum atomic E-state index is -1.12. The summed E-state index contributed by atoms with van der Waals surface area (Å²) >= 11 is 0. The molecule has 0 aliphatic rings. The van der Waals surface area contributed by atoms with Gasteiger partial charge in [-0.25, -0.2) is 4.98 Å². The Labute approximate surface area is 132 Å². The molecule has 0 radical (unpaired) electrons. The lowest BCUT2D eigenvalue weighted by Crippen LogP contribution is -2.46. The predicted octanol–water partition coefficient (Wildman–Crippen LogP) is 0.215. The van der Waals surface area contributed by atoms with Gasteiger partial charge in [0.1, 0.15) is 17.5 Å². The fourth-order valence-corrected chi connectivity index (χ4v) is 1.77. The van der Waals surface area contributed by atoms with Crippen molar-refractivity contribution in [3.05, 3.63) is 48.5 Å². The molecule has 1 aromatic heterocycles. The summed E-state index contributed by atoms with van der Waals surface area (Å²) in [6.07, 6.45) is 4.05. The van der Waals surface area contributed by atoms with Crippen LogP contribution in [0.1, 0.15) is 10.5 Å². The topological polar surface area (TPSA) is 113 Å². The molecular weight excluding hydrogens is 300 g/mol. The van der Waals surface area contributed by atoms with E-state index < -0.39 is 24.5 Å². The van der Waals surface area contributed by atoms with E-state index in [-0.39, 0.29) is 5.69 Å². The molecule has 1 atom stereocenters. The summed E-state index contributed by atoms with van der Waals surface area (Å²) in [7, 11) is 1.51. The predicted molar refractivity (Wildman–Crippen MR) is 82.0 cm³/mol. The molecule has 8 heteroatoms. The van der Waals surface area contributed by atoms with E-state index in [1.807, 2.05) is 0 Å². The van der Waals surface area contributed by atoms with Gasteiger partial charge < -0.3 is 20.5 Å². The molecule has 0 aliphatic heterocycles. The van der Waals surface area contributed by atoms with Gasteiger partial charge in [0.15, 0.2) is 0 Å². The van der Waals surface area contributed by atoms with Crippen molar-refractivity contribution in [1.29, 1.82) is 0 Å². The molecule has 3 N–H and O–H groups in total. The van der Waals surface area contributed by atoms with Crippen LogP contribution >= 0.6 is 0 Å². The number of amides is 2.